The van der Waals surface area contributed by atoms with Crippen LogP contribution in [-0.2, 0) is 22.4 Å². The van der Waals surface area contributed by atoms with Gasteiger partial charge in [-0.15, -0.1) is 0 Å². The lowest BCUT2D eigenvalue weighted by Crippen LogP contribution is -2.47. The first-order chi connectivity index (χ1) is 24.1. The molecule has 2 aromatic rings. The summed E-state index contributed by atoms with van der Waals surface area (Å²) in [6, 6.07) is 9.95. The minimum absolute atomic E-state index is 0.0612. The van der Waals surface area contributed by atoms with Crippen molar-refractivity contribution in [1.82, 2.24) is 21.7 Å². The minimum Gasteiger partial charge on any atom is -0.507 e. The zero-order valence-corrected chi connectivity index (χ0v) is 30.9. The van der Waals surface area contributed by atoms with Crippen molar-refractivity contribution in [1.29, 1.82) is 0 Å². The van der Waals surface area contributed by atoms with Crippen molar-refractivity contribution in [3.63, 3.8) is 0 Å². The highest BCUT2D eigenvalue weighted by Crippen LogP contribution is 2.24. The summed E-state index contributed by atoms with van der Waals surface area (Å²) in [4.78, 5) is 52.2. The molecule has 2 aromatic carbocycles. The van der Waals surface area contributed by atoms with E-state index in [-0.39, 0.29) is 29.0 Å². The lowest BCUT2D eigenvalue weighted by Gasteiger charge is -2.23. The number of amides is 4. The van der Waals surface area contributed by atoms with Crippen molar-refractivity contribution in [3.05, 3.63) is 58.7 Å². The van der Waals surface area contributed by atoms with E-state index >= 15 is 0 Å². The fourth-order valence-corrected chi connectivity index (χ4v) is 6.14. The summed E-state index contributed by atoms with van der Waals surface area (Å²) >= 11 is 0. The van der Waals surface area contributed by atoms with Crippen LogP contribution in [0.5, 0.6) is 11.5 Å². The van der Waals surface area contributed by atoms with Crippen LogP contribution in [0.4, 0.5) is 0 Å². The van der Waals surface area contributed by atoms with Crippen LogP contribution in [-0.4, -0.2) is 33.8 Å². The van der Waals surface area contributed by atoms with E-state index in [9.17, 15) is 29.4 Å². The third kappa shape index (κ3) is 15.2. The zero-order valence-electron chi connectivity index (χ0n) is 30.9. The monoisotopic (exact) mass is 694 g/mol. The number of hydrazine groups is 2. The van der Waals surface area contributed by atoms with Crippen molar-refractivity contribution in [2.75, 3.05) is 0 Å². The molecule has 0 saturated carbocycles. The van der Waals surface area contributed by atoms with Crippen molar-refractivity contribution in [3.8, 4) is 11.5 Å². The molecule has 0 spiro atoms. The average Bonchev–Trinajstić information content (AvgIpc) is 3.10. The Morgan fingerprint density at radius 2 is 0.940 bits per heavy atom. The second-order valence-corrected chi connectivity index (χ2v) is 13.5. The average molecular weight is 695 g/mol. The van der Waals surface area contributed by atoms with Gasteiger partial charge in [-0.2, -0.15) is 0 Å². The van der Waals surface area contributed by atoms with E-state index in [1.807, 2.05) is 26.0 Å². The van der Waals surface area contributed by atoms with E-state index < -0.39 is 35.5 Å². The van der Waals surface area contributed by atoms with Gasteiger partial charge in [-0.25, -0.2) is 0 Å². The van der Waals surface area contributed by atoms with Gasteiger partial charge in [0.05, 0.1) is 11.1 Å². The number of rotatable bonds is 23. The van der Waals surface area contributed by atoms with Gasteiger partial charge in [0.1, 0.15) is 11.5 Å². The Kier molecular flexibility index (Phi) is 20.3. The number of phenols is 2. The van der Waals surface area contributed by atoms with E-state index in [0.29, 0.717) is 19.3 Å². The molecule has 0 bridgehead atoms. The normalized spacial score (nSPS) is 12.2. The smallest absolute Gasteiger partial charge is 0.273 e. The number of carbonyl (C=O) groups excluding carboxylic acids is 4. The number of carbonyl (C=O) groups is 4. The molecule has 0 saturated heterocycles. The van der Waals surface area contributed by atoms with Crippen LogP contribution >= 0.6 is 0 Å². The molecule has 10 nitrogen and oxygen atoms in total. The third-order valence-corrected chi connectivity index (χ3v) is 9.20. The molecule has 0 heterocycles. The number of hydrogen-bond donors (Lipinski definition) is 6. The number of aromatic hydroxyl groups is 2. The van der Waals surface area contributed by atoms with Crippen molar-refractivity contribution < 1.29 is 29.4 Å². The van der Waals surface area contributed by atoms with Crippen molar-refractivity contribution >= 4 is 23.6 Å². The van der Waals surface area contributed by atoms with Gasteiger partial charge in [-0.3, -0.25) is 40.9 Å². The summed E-state index contributed by atoms with van der Waals surface area (Å²) in [6.07, 6.45) is 16.5. The highest BCUT2D eigenvalue weighted by molar-refractivity contribution is 5.98. The standard InChI is InChI=1S/C40H62N4O6/c1-5-9-12-14-16-19-29-22-24-33(35(45)26-29)39(49)43-41-37(47)31(18-8-4)28-32(21-11-7-3)38(48)42-44-40(50)34-25-23-30(27-36(34)46)20-17-15-13-10-6-2/h22-27,31-32,45-46H,5-21,28H2,1-4H3,(H,41,47)(H,42,48)(H,43,49)(H,44,50). The van der Waals surface area contributed by atoms with Gasteiger partial charge in [0.15, 0.2) is 0 Å². The fourth-order valence-electron chi connectivity index (χ4n) is 6.14. The fraction of sp³-hybridized carbons (Fsp3) is 0.600. The van der Waals surface area contributed by atoms with Gasteiger partial charge in [-0.1, -0.05) is 110 Å². The Hall–Kier alpha value is -4.08. The molecule has 2 atom stereocenters. The highest BCUT2D eigenvalue weighted by Gasteiger charge is 2.28. The van der Waals surface area contributed by atoms with Crippen molar-refractivity contribution in [2.24, 2.45) is 11.8 Å². The van der Waals surface area contributed by atoms with Crippen LogP contribution in [0.2, 0.25) is 0 Å². The van der Waals surface area contributed by atoms with Crippen molar-refractivity contribution in [2.45, 2.75) is 143 Å². The molecule has 2 rings (SSSR count). The van der Waals surface area contributed by atoms with Crippen LogP contribution < -0.4 is 21.7 Å². The quantitative estimate of drug-likeness (QED) is 0.0512. The summed E-state index contributed by atoms with van der Waals surface area (Å²) in [5.74, 6) is -3.57. The molecule has 2 unspecified atom stereocenters. The van der Waals surface area contributed by atoms with E-state index in [0.717, 1.165) is 62.5 Å². The number of aryl methyl sites for hydroxylation is 2. The van der Waals surface area contributed by atoms with E-state index in [4.69, 9.17) is 0 Å². The predicted molar refractivity (Wildman–Crippen MR) is 198 cm³/mol. The molecule has 0 aliphatic carbocycles. The largest absolute Gasteiger partial charge is 0.507 e. The molecule has 278 valence electrons. The second-order valence-electron chi connectivity index (χ2n) is 13.5. The molecule has 0 aliphatic heterocycles. The van der Waals surface area contributed by atoms with Crippen LogP contribution in [0, 0.1) is 11.8 Å². The Bertz CT molecular complexity index is 1350. The number of phenolic OH excluding ortho intramolecular Hbond substituents is 2. The van der Waals surface area contributed by atoms with Gasteiger partial charge >= 0.3 is 0 Å². The Balaban J connectivity index is 1.95. The van der Waals surface area contributed by atoms with Gasteiger partial charge in [0.25, 0.3) is 11.8 Å². The third-order valence-electron chi connectivity index (χ3n) is 9.20. The van der Waals surface area contributed by atoms with Crippen LogP contribution in [0.1, 0.15) is 162 Å². The Labute approximate surface area is 299 Å². The van der Waals surface area contributed by atoms with Gasteiger partial charge in [0, 0.05) is 11.8 Å². The number of benzene rings is 2. The summed E-state index contributed by atoms with van der Waals surface area (Å²) in [7, 11) is 0. The molecule has 0 aliphatic rings. The molecule has 0 aromatic heterocycles. The van der Waals surface area contributed by atoms with Gasteiger partial charge < -0.3 is 10.2 Å². The zero-order chi connectivity index (χ0) is 36.7. The molecule has 4 amide bonds. The molecular weight excluding hydrogens is 632 g/mol. The second kappa shape index (κ2) is 24.1. The molecule has 0 fully saturated rings. The maximum Gasteiger partial charge on any atom is 0.273 e. The van der Waals surface area contributed by atoms with Crippen LogP contribution in [0.3, 0.4) is 0 Å². The minimum atomic E-state index is -0.633. The Morgan fingerprint density at radius 1 is 0.520 bits per heavy atom. The first-order valence-electron chi connectivity index (χ1n) is 19.0. The molecular formula is C40H62N4O6. The molecule has 50 heavy (non-hydrogen) atoms. The highest BCUT2D eigenvalue weighted by atomic mass is 16.3. The Morgan fingerprint density at radius 3 is 1.34 bits per heavy atom. The lowest BCUT2D eigenvalue weighted by atomic mass is 9.87. The maximum absolute atomic E-state index is 13.3. The maximum atomic E-state index is 13.3. The van der Waals surface area contributed by atoms with E-state index in [1.165, 1.54) is 38.5 Å². The summed E-state index contributed by atoms with van der Waals surface area (Å²) in [6.45, 7) is 8.29. The summed E-state index contributed by atoms with van der Waals surface area (Å²) < 4.78 is 0. The number of hydrogen-bond acceptors (Lipinski definition) is 6. The lowest BCUT2D eigenvalue weighted by molar-refractivity contribution is -0.129. The molecule has 0 radical (unpaired) electrons. The van der Waals surface area contributed by atoms with E-state index in [1.54, 1.807) is 24.3 Å². The molecule has 6 N–H and O–H groups in total. The topological polar surface area (TPSA) is 157 Å². The number of nitrogens with one attached hydrogen (secondary N) is 4. The SMILES string of the molecule is CCCCCCCc1ccc(C(=O)NNC(=O)C(CCC)CC(CCCC)C(=O)NNC(=O)c2ccc(CCCCCCC)cc2O)c(O)c1. The predicted octanol–water partition coefficient (Wildman–Crippen LogP) is 7.96. The van der Waals surface area contributed by atoms with Crippen LogP contribution in [0.25, 0.3) is 0 Å². The first-order valence-corrected chi connectivity index (χ1v) is 19.0. The summed E-state index contributed by atoms with van der Waals surface area (Å²) in [5.41, 5.74) is 11.9. The van der Waals surface area contributed by atoms with Gasteiger partial charge in [0.2, 0.25) is 11.8 Å². The van der Waals surface area contributed by atoms with E-state index in [2.05, 4.69) is 35.6 Å². The van der Waals surface area contributed by atoms with Gasteiger partial charge in [-0.05, 0) is 80.3 Å². The first kappa shape index (κ1) is 42.1. The number of unbranched alkanes of at least 4 members (excludes halogenated alkanes) is 9. The summed E-state index contributed by atoms with van der Waals surface area (Å²) in [5, 5.41) is 21.0. The van der Waals surface area contributed by atoms with Crippen LogP contribution in [0.15, 0.2) is 36.4 Å². The molecule has 10 heteroatoms.